The number of unbranched alkanes of at least 4 members (excludes halogenated alkanes) is 3. The third-order valence-corrected chi connectivity index (χ3v) is 2.19. The van der Waals surface area contributed by atoms with Crippen molar-refractivity contribution in [3.8, 4) is 0 Å². The summed E-state index contributed by atoms with van der Waals surface area (Å²) in [6, 6.07) is 0. The summed E-state index contributed by atoms with van der Waals surface area (Å²) >= 11 is 0. The van der Waals surface area contributed by atoms with E-state index >= 15 is 0 Å². The largest absolute Gasteiger partial charge is 0.312 e. The Kier molecular flexibility index (Phi) is 7.20. The molecule has 0 amide bonds. The van der Waals surface area contributed by atoms with Gasteiger partial charge in [-0.05, 0) is 60.8 Å². The van der Waals surface area contributed by atoms with Gasteiger partial charge in [0.1, 0.15) is 0 Å². The smallest absolute Gasteiger partial charge is 0.00965 e. The molecule has 0 heterocycles. The van der Waals surface area contributed by atoms with Crippen LogP contribution in [0.1, 0.15) is 46.5 Å². The number of hydrogen-bond acceptors (Lipinski definition) is 2. The van der Waals surface area contributed by atoms with Gasteiger partial charge < -0.3 is 10.2 Å². The average molecular weight is 200 g/mol. The van der Waals surface area contributed by atoms with Crippen molar-refractivity contribution in [3.63, 3.8) is 0 Å². The van der Waals surface area contributed by atoms with E-state index in [0.29, 0.717) is 0 Å². The summed E-state index contributed by atoms with van der Waals surface area (Å²) in [7, 11) is 4.28. The van der Waals surface area contributed by atoms with Crippen LogP contribution in [0.5, 0.6) is 0 Å². The highest BCUT2D eigenvalue weighted by molar-refractivity contribution is 4.69. The van der Waals surface area contributed by atoms with E-state index in [1.54, 1.807) is 0 Å². The predicted octanol–water partition coefficient (Wildman–Crippen LogP) is 2.50. The summed E-state index contributed by atoms with van der Waals surface area (Å²) in [6.07, 6.45) is 5.37. The second-order valence-corrected chi connectivity index (χ2v) is 5.39. The van der Waals surface area contributed by atoms with Gasteiger partial charge in [-0.2, -0.15) is 0 Å². The molecule has 0 bridgehead atoms. The predicted molar refractivity (Wildman–Crippen MR) is 64.8 cm³/mol. The quantitative estimate of drug-likeness (QED) is 0.635. The lowest BCUT2D eigenvalue weighted by Gasteiger charge is -2.20. The van der Waals surface area contributed by atoms with Crippen LogP contribution in [0.15, 0.2) is 0 Å². The summed E-state index contributed by atoms with van der Waals surface area (Å²) < 4.78 is 0. The highest BCUT2D eigenvalue weighted by atomic mass is 15.0. The normalized spacial score (nSPS) is 12.4. The fourth-order valence-electron chi connectivity index (χ4n) is 1.37. The lowest BCUT2D eigenvalue weighted by molar-refractivity contribution is 0.383. The Bertz CT molecular complexity index is 125. The van der Waals surface area contributed by atoms with E-state index in [2.05, 4.69) is 45.1 Å². The van der Waals surface area contributed by atoms with Gasteiger partial charge in [-0.3, -0.25) is 0 Å². The molecular weight excluding hydrogens is 172 g/mol. The maximum absolute atomic E-state index is 3.51. The third-order valence-electron chi connectivity index (χ3n) is 2.19. The number of hydrogen-bond donors (Lipinski definition) is 1. The Labute approximate surface area is 90.1 Å². The minimum absolute atomic E-state index is 0.281. The van der Waals surface area contributed by atoms with Crippen LogP contribution in [-0.2, 0) is 0 Å². The lowest BCUT2D eigenvalue weighted by atomic mass is 10.1. The first-order valence-corrected chi connectivity index (χ1v) is 5.81. The zero-order chi connectivity index (χ0) is 11.0. The van der Waals surface area contributed by atoms with Gasteiger partial charge in [0, 0.05) is 5.54 Å². The van der Waals surface area contributed by atoms with Gasteiger partial charge in [0.15, 0.2) is 0 Å². The molecule has 0 atom stereocenters. The molecular formula is C12H28N2. The molecule has 0 fully saturated rings. The highest BCUT2D eigenvalue weighted by Gasteiger charge is 2.06. The Hall–Kier alpha value is -0.0800. The van der Waals surface area contributed by atoms with Gasteiger partial charge in [0.2, 0.25) is 0 Å². The van der Waals surface area contributed by atoms with E-state index in [9.17, 15) is 0 Å². The van der Waals surface area contributed by atoms with Crippen molar-refractivity contribution in [2.45, 2.75) is 52.0 Å². The average Bonchev–Trinajstić information content (AvgIpc) is 2.00. The molecule has 2 heteroatoms. The molecule has 0 aromatic rings. The second kappa shape index (κ2) is 7.24. The van der Waals surface area contributed by atoms with Crippen molar-refractivity contribution in [2.24, 2.45) is 0 Å². The third kappa shape index (κ3) is 11.9. The van der Waals surface area contributed by atoms with Crippen LogP contribution >= 0.6 is 0 Å². The number of nitrogens with zero attached hydrogens (tertiary/aromatic N) is 1. The molecule has 0 aromatic heterocycles. The van der Waals surface area contributed by atoms with Gasteiger partial charge >= 0.3 is 0 Å². The maximum Gasteiger partial charge on any atom is 0.00965 e. The van der Waals surface area contributed by atoms with E-state index in [0.717, 1.165) is 6.54 Å². The first-order valence-electron chi connectivity index (χ1n) is 5.81. The molecule has 0 rings (SSSR count). The molecule has 0 aliphatic heterocycles. The van der Waals surface area contributed by atoms with Gasteiger partial charge in [-0.1, -0.05) is 12.8 Å². The zero-order valence-corrected chi connectivity index (χ0v) is 10.7. The Morgan fingerprint density at radius 2 is 1.50 bits per heavy atom. The monoisotopic (exact) mass is 200 g/mol. The van der Waals surface area contributed by atoms with Crippen LogP contribution in [0.2, 0.25) is 0 Å². The maximum atomic E-state index is 3.51. The molecule has 0 aromatic carbocycles. The Balaban J connectivity index is 3.07. The molecule has 14 heavy (non-hydrogen) atoms. The fraction of sp³-hybridized carbons (Fsp3) is 1.00. The lowest BCUT2D eigenvalue weighted by Crippen LogP contribution is -2.36. The zero-order valence-electron chi connectivity index (χ0n) is 10.7. The number of rotatable bonds is 7. The van der Waals surface area contributed by atoms with Crippen LogP contribution in [-0.4, -0.2) is 37.6 Å². The van der Waals surface area contributed by atoms with Crippen LogP contribution < -0.4 is 5.32 Å². The minimum atomic E-state index is 0.281. The molecule has 0 radical (unpaired) electrons. The first kappa shape index (κ1) is 13.9. The van der Waals surface area contributed by atoms with E-state index in [1.165, 1.54) is 32.2 Å². The summed E-state index contributed by atoms with van der Waals surface area (Å²) in [5.41, 5.74) is 0.281. The van der Waals surface area contributed by atoms with E-state index < -0.39 is 0 Å². The summed E-state index contributed by atoms with van der Waals surface area (Å²) in [4.78, 5) is 2.26. The van der Waals surface area contributed by atoms with E-state index in [-0.39, 0.29) is 5.54 Å². The summed E-state index contributed by atoms with van der Waals surface area (Å²) in [5, 5.41) is 3.51. The Morgan fingerprint density at radius 1 is 0.929 bits per heavy atom. The molecule has 1 N–H and O–H groups in total. The first-order chi connectivity index (χ1) is 6.42. The van der Waals surface area contributed by atoms with Crippen molar-refractivity contribution in [2.75, 3.05) is 27.2 Å². The van der Waals surface area contributed by atoms with Gasteiger partial charge in [-0.15, -0.1) is 0 Å². The van der Waals surface area contributed by atoms with Crippen molar-refractivity contribution in [1.82, 2.24) is 10.2 Å². The molecule has 0 spiro atoms. The topological polar surface area (TPSA) is 15.3 Å². The molecule has 0 aliphatic carbocycles. The van der Waals surface area contributed by atoms with Gasteiger partial charge in [0.25, 0.3) is 0 Å². The summed E-state index contributed by atoms with van der Waals surface area (Å²) in [6.45, 7) is 9.05. The van der Waals surface area contributed by atoms with Crippen LogP contribution in [0, 0.1) is 0 Å². The second-order valence-electron chi connectivity index (χ2n) is 5.39. The molecule has 2 nitrogen and oxygen atoms in total. The SMILES string of the molecule is CN(C)CCCCCCNC(C)(C)C. The van der Waals surface area contributed by atoms with Crippen molar-refractivity contribution >= 4 is 0 Å². The molecule has 0 saturated carbocycles. The number of nitrogens with one attached hydrogen (secondary N) is 1. The molecule has 0 unspecified atom stereocenters. The molecule has 0 aliphatic rings. The van der Waals surface area contributed by atoms with Gasteiger partial charge in [0.05, 0.1) is 0 Å². The van der Waals surface area contributed by atoms with Crippen molar-refractivity contribution in [1.29, 1.82) is 0 Å². The Morgan fingerprint density at radius 3 is 2.00 bits per heavy atom. The van der Waals surface area contributed by atoms with Crippen LogP contribution in [0.3, 0.4) is 0 Å². The molecule has 86 valence electrons. The summed E-state index contributed by atoms with van der Waals surface area (Å²) in [5.74, 6) is 0. The fourth-order valence-corrected chi connectivity index (χ4v) is 1.37. The van der Waals surface area contributed by atoms with Crippen molar-refractivity contribution < 1.29 is 0 Å². The van der Waals surface area contributed by atoms with E-state index in [4.69, 9.17) is 0 Å². The standard InChI is InChI=1S/C12H28N2/c1-12(2,3)13-10-8-6-7-9-11-14(4)5/h13H,6-11H2,1-5H3. The highest BCUT2D eigenvalue weighted by Crippen LogP contribution is 2.02. The van der Waals surface area contributed by atoms with Gasteiger partial charge in [-0.25, -0.2) is 0 Å². The van der Waals surface area contributed by atoms with E-state index in [1.807, 2.05) is 0 Å². The van der Waals surface area contributed by atoms with Crippen molar-refractivity contribution in [3.05, 3.63) is 0 Å². The van der Waals surface area contributed by atoms with Crippen LogP contribution in [0.4, 0.5) is 0 Å². The minimum Gasteiger partial charge on any atom is -0.312 e. The molecule has 0 saturated heterocycles. The van der Waals surface area contributed by atoms with Crippen LogP contribution in [0.25, 0.3) is 0 Å².